The molecule has 0 aliphatic heterocycles. The number of hydrogen-bond donors (Lipinski definition) is 0. The minimum Gasteiger partial charge on any atom is -0.357 e. The fraction of sp³-hybridized carbons (Fsp3) is 1.00. The van der Waals surface area contributed by atoms with E-state index in [9.17, 15) is 8.42 Å². The highest BCUT2D eigenvalue weighted by Crippen LogP contribution is 2.03. The Labute approximate surface area is 107 Å². The molecule has 0 saturated heterocycles. The van der Waals surface area contributed by atoms with Crippen LogP contribution in [0.3, 0.4) is 0 Å². The maximum absolute atomic E-state index is 11.3. The second-order valence-electron chi connectivity index (χ2n) is 3.50. The zero-order valence-electron chi connectivity index (χ0n) is 11.0. The molecule has 0 aliphatic carbocycles. The molecule has 0 amide bonds. The van der Waals surface area contributed by atoms with Crippen molar-refractivity contribution in [3.8, 4) is 0 Å². The first-order valence-corrected chi connectivity index (χ1v) is 9.55. The topological polar surface area (TPSA) is 61.8 Å². The summed E-state index contributed by atoms with van der Waals surface area (Å²) in [6.07, 6.45) is 0.630. The van der Waals surface area contributed by atoms with Crippen molar-refractivity contribution < 1.29 is 22.1 Å². The molecule has 0 N–H and O–H groups in total. The summed E-state index contributed by atoms with van der Waals surface area (Å²) in [5, 5.41) is 0. The molecule has 0 bridgehead atoms. The minimum absolute atomic E-state index is 0.0835. The van der Waals surface area contributed by atoms with Gasteiger partial charge in [-0.05, 0) is 27.2 Å². The van der Waals surface area contributed by atoms with Crippen molar-refractivity contribution in [3.63, 3.8) is 0 Å². The average molecular weight is 284 g/mol. The van der Waals surface area contributed by atoms with Crippen LogP contribution in [0.5, 0.6) is 0 Å². The summed E-state index contributed by atoms with van der Waals surface area (Å²) in [4.78, 5) is 0. The maximum Gasteiger partial charge on any atom is 0.267 e. The van der Waals surface area contributed by atoms with Crippen LogP contribution in [-0.2, 0) is 23.8 Å². The molecule has 7 heteroatoms. The van der Waals surface area contributed by atoms with E-state index in [1.165, 1.54) is 0 Å². The van der Waals surface area contributed by atoms with E-state index < -0.39 is 19.6 Å². The van der Waals surface area contributed by atoms with Crippen LogP contribution < -0.4 is 0 Å². The SMILES string of the molecule is CCOC(OCC)[SiH2]CCCS(=O)(=O)OCC. The fourth-order valence-corrected chi connectivity index (χ4v) is 4.49. The van der Waals surface area contributed by atoms with Gasteiger partial charge in [0.15, 0.2) is 0 Å². The third-order valence-corrected chi connectivity index (χ3v) is 5.32. The summed E-state index contributed by atoms with van der Waals surface area (Å²) in [6.45, 7) is 7.01. The highest BCUT2D eigenvalue weighted by atomic mass is 32.2. The zero-order chi connectivity index (χ0) is 13.1. The van der Waals surface area contributed by atoms with Crippen molar-refractivity contribution >= 4 is 19.6 Å². The largest absolute Gasteiger partial charge is 0.357 e. The van der Waals surface area contributed by atoms with Crippen molar-refractivity contribution in [1.82, 2.24) is 0 Å². The lowest BCUT2D eigenvalue weighted by Gasteiger charge is -2.16. The van der Waals surface area contributed by atoms with E-state index in [0.717, 1.165) is 6.04 Å². The Hall–Kier alpha value is 0.0469. The van der Waals surface area contributed by atoms with E-state index in [4.69, 9.17) is 9.47 Å². The number of ether oxygens (including phenoxy) is 2. The van der Waals surface area contributed by atoms with E-state index in [1.54, 1.807) is 6.92 Å². The van der Waals surface area contributed by atoms with Crippen LogP contribution in [0.4, 0.5) is 0 Å². The Balaban J connectivity index is 3.74. The van der Waals surface area contributed by atoms with E-state index in [-0.39, 0.29) is 18.3 Å². The van der Waals surface area contributed by atoms with E-state index >= 15 is 0 Å². The zero-order valence-corrected chi connectivity index (χ0v) is 13.2. The molecule has 0 radical (unpaired) electrons. The molecule has 0 heterocycles. The summed E-state index contributed by atoms with van der Waals surface area (Å²) in [6, 6.07) is 0.886. The predicted octanol–water partition coefficient (Wildman–Crippen LogP) is 0.686. The lowest BCUT2D eigenvalue weighted by atomic mass is 10.6. The molecule has 0 fully saturated rings. The Morgan fingerprint density at radius 1 is 1.06 bits per heavy atom. The first-order valence-electron chi connectivity index (χ1n) is 6.16. The fourth-order valence-electron chi connectivity index (χ4n) is 1.41. The van der Waals surface area contributed by atoms with Crippen LogP contribution in [0, 0.1) is 0 Å². The van der Waals surface area contributed by atoms with Gasteiger partial charge in [-0.1, -0.05) is 6.04 Å². The van der Waals surface area contributed by atoms with E-state index in [1.807, 2.05) is 13.8 Å². The number of rotatable bonds is 11. The van der Waals surface area contributed by atoms with Crippen LogP contribution in [0.1, 0.15) is 27.2 Å². The van der Waals surface area contributed by atoms with E-state index in [2.05, 4.69) is 4.18 Å². The minimum atomic E-state index is -3.31. The second-order valence-corrected chi connectivity index (χ2v) is 7.21. The predicted molar refractivity (Wildman–Crippen MR) is 70.4 cm³/mol. The first kappa shape index (κ1) is 17.0. The third kappa shape index (κ3) is 9.72. The summed E-state index contributed by atoms with van der Waals surface area (Å²) in [5.41, 5.74) is 0. The molecule has 0 unspecified atom stereocenters. The van der Waals surface area contributed by atoms with Crippen molar-refractivity contribution in [1.29, 1.82) is 0 Å². The standard InChI is InChI=1S/C10H24O5SSi/c1-4-13-10(14-5-2)17-9-7-8-16(11,12)15-6-3/h10H,4-9,17H2,1-3H3. The summed E-state index contributed by atoms with van der Waals surface area (Å²) in [5.74, 6) is 0.0125. The van der Waals surface area contributed by atoms with Gasteiger partial charge in [-0.15, -0.1) is 0 Å². The van der Waals surface area contributed by atoms with Crippen molar-refractivity contribution in [3.05, 3.63) is 0 Å². The molecule has 17 heavy (non-hydrogen) atoms. The third-order valence-electron chi connectivity index (χ3n) is 2.09. The molecule has 0 spiro atoms. The smallest absolute Gasteiger partial charge is 0.267 e. The molecule has 0 rings (SSSR count). The van der Waals surface area contributed by atoms with E-state index in [0.29, 0.717) is 19.6 Å². The maximum atomic E-state index is 11.3. The normalized spacial score (nSPS) is 12.9. The molecule has 0 saturated carbocycles. The average Bonchev–Trinajstić information content (AvgIpc) is 2.25. The van der Waals surface area contributed by atoms with Crippen molar-refractivity contribution in [2.75, 3.05) is 25.6 Å². The number of hydrogen-bond acceptors (Lipinski definition) is 5. The molecule has 104 valence electrons. The Morgan fingerprint density at radius 2 is 1.65 bits per heavy atom. The Morgan fingerprint density at radius 3 is 2.12 bits per heavy atom. The lowest BCUT2D eigenvalue weighted by molar-refractivity contribution is -0.0827. The molecule has 0 aliphatic rings. The van der Waals surface area contributed by atoms with Gasteiger partial charge in [0.2, 0.25) is 0 Å². The van der Waals surface area contributed by atoms with Gasteiger partial charge in [-0.25, -0.2) is 0 Å². The monoisotopic (exact) mass is 284 g/mol. The highest BCUT2D eigenvalue weighted by molar-refractivity contribution is 7.86. The lowest BCUT2D eigenvalue weighted by Crippen LogP contribution is -2.25. The van der Waals surface area contributed by atoms with Crippen LogP contribution in [-0.4, -0.2) is 49.4 Å². The molecule has 0 aromatic rings. The van der Waals surface area contributed by atoms with Gasteiger partial charge in [0.05, 0.1) is 21.9 Å². The first-order chi connectivity index (χ1) is 8.05. The second kappa shape index (κ2) is 10.0. The van der Waals surface area contributed by atoms with Crippen LogP contribution in [0.2, 0.25) is 6.04 Å². The van der Waals surface area contributed by atoms with Gasteiger partial charge < -0.3 is 9.47 Å². The van der Waals surface area contributed by atoms with Gasteiger partial charge in [0, 0.05) is 13.2 Å². The Kier molecular flexibility index (Phi) is 10.0. The van der Waals surface area contributed by atoms with Crippen molar-refractivity contribution in [2.45, 2.75) is 39.1 Å². The van der Waals surface area contributed by atoms with Crippen molar-refractivity contribution in [2.24, 2.45) is 0 Å². The molecular weight excluding hydrogens is 260 g/mol. The van der Waals surface area contributed by atoms with Crippen LogP contribution in [0.25, 0.3) is 0 Å². The van der Waals surface area contributed by atoms with Gasteiger partial charge in [0.25, 0.3) is 10.1 Å². The quantitative estimate of drug-likeness (QED) is 0.242. The van der Waals surface area contributed by atoms with Gasteiger partial charge >= 0.3 is 0 Å². The highest BCUT2D eigenvalue weighted by Gasteiger charge is 2.12. The summed E-state index contributed by atoms with van der Waals surface area (Å²) < 4.78 is 38.0. The summed E-state index contributed by atoms with van der Waals surface area (Å²) in [7, 11) is -3.86. The van der Waals surface area contributed by atoms with Gasteiger partial charge in [-0.2, -0.15) is 8.42 Å². The van der Waals surface area contributed by atoms with Gasteiger partial charge in [0.1, 0.15) is 5.91 Å². The Bertz CT molecular complexity index is 262. The van der Waals surface area contributed by atoms with Crippen LogP contribution >= 0.6 is 0 Å². The summed E-state index contributed by atoms with van der Waals surface area (Å²) >= 11 is 0. The molecule has 0 aromatic carbocycles. The van der Waals surface area contributed by atoms with Crippen LogP contribution in [0.15, 0.2) is 0 Å². The molecule has 5 nitrogen and oxygen atoms in total. The molecule has 0 aromatic heterocycles. The molecular formula is C10H24O5SSi. The van der Waals surface area contributed by atoms with Gasteiger partial charge in [-0.3, -0.25) is 4.18 Å². The molecule has 0 atom stereocenters.